The highest BCUT2D eigenvalue weighted by molar-refractivity contribution is 5.94. The summed E-state index contributed by atoms with van der Waals surface area (Å²) in [6.07, 6.45) is 2.29. The molecule has 1 fully saturated rings. The molecule has 0 bridgehead atoms. The number of hydrogen-bond donors (Lipinski definition) is 1. The summed E-state index contributed by atoms with van der Waals surface area (Å²) in [5.41, 5.74) is 0.514. The van der Waals surface area contributed by atoms with E-state index in [4.69, 9.17) is 4.52 Å². The standard InChI is InChI=1S/C15H18N4O3/c1-3-12-17-13(18-22-12)11-5-4-8-19(11)15(21)10-7-6-9(2)16-14(10)20/h6-7,11H,3-5,8H2,1-2H3,(H,16,20). The fraction of sp³-hybridized carbons (Fsp3) is 0.467. The SMILES string of the molecule is CCc1nc(C2CCCN2C(=O)c2ccc(C)[nH]c2=O)no1. The first kappa shape index (κ1) is 14.5. The van der Waals surface area contributed by atoms with Crippen molar-refractivity contribution in [2.45, 2.75) is 39.2 Å². The van der Waals surface area contributed by atoms with E-state index in [1.165, 1.54) is 0 Å². The van der Waals surface area contributed by atoms with E-state index in [1.54, 1.807) is 24.0 Å². The Labute approximate surface area is 127 Å². The molecule has 1 saturated heterocycles. The van der Waals surface area contributed by atoms with Gasteiger partial charge in [0.1, 0.15) is 5.56 Å². The van der Waals surface area contributed by atoms with Crippen molar-refractivity contribution in [3.63, 3.8) is 0 Å². The van der Waals surface area contributed by atoms with E-state index in [-0.39, 0.29) is 23.1 Å². The molecule has 1 aliphatic heterocycles. The number of hydrogen-bond acceptors (Lipinski definition) is 5. The Balaban J connectivity index is 1.89. The Kier molecular flexibility index (Phi) is 3.79. The summed E-state index contributed by atoms with van der Waals surface area (Å²) in [6.45, 7) is 4.30. The van der Waals surface area contributed by atoms with Gasteiger partial charge in [-0.25, -0.2) is 0 Å². The summed E-state index contributed by atoms with van der Waals surface area (Å²) in [5, 5.41) is 3.97. The summed E-state index contributed by atoms with van der Waals surface area (Å²) in [7, 11) is 0. The molecular weight excluding hydrogens is 284 g/mol. The third-order valence-electron chi connectivity index (χ3n) is 3.88. The number of H-pyrrole nitrogens is 1. The van der Waals surface area contributed by atoms with Gasteiger partial charge in [0.25, 0.3) is 11.5 Å². The molecule has 7 heteroatoms. The van der Waals surface area contributed by atoms with Crippen LogP contribution < -0.4 is 5.56 Å². The first-order valence-electron chi connectivity index (χ1n) is 7.43. The third kappa shape index (κ3) is 2.54. The minimum atomic E-state index is -0.363. The fourth-order valence-electron chi connectivity index (χ4n) is 2.72. The van der Waals surface area contributed by atoms with Crippen molar-refractivity contribution >= 4 is 5.91 Å². The Bertz CT molecular complexity index is 749. The lowest BCUT2D eigenvalue weighted by atomic mass is 10.2. The number of carbonyl (C=O) groups excluding carboxylic acids is 1. The van der Waals surface area contributed by atoms with Crippen molar-refractivity contribution in [1.29, 1.82) is 0 Å². The zero-order valence-corrected chi connectivity index (χ0v) is 12.6. The van der Waals surface area contributed by atoms with Crippen molar-refractivity contribution in [3.8, 4) is 0 Å². The molecule has 1 unspecified atom stereocenters. The van der Waals surface area contributed by atoms with Gasteiger partial charge >= 0.3 is 0 Å². The molecule has 0 aromatic carbocycles. The first-order chi connectivity index (χ1) is 10.6. The lowest BCUT2D eigenvalue weighted by molar-refractivity contribution is 0.0726. The largest absolute Gasteiger partial charge is 0.339 e. The molecule has 0 aliphatic carbocycles. The third-order valence-corrected chi connectivity index (χ3v) is 3.88. The molecule has 1 aliphatic rings. The van der Waals surface area contributed by atoms with E-state index in [9.17, 15) is 9.59 Å². The average molecular weight is 302 g/mol. The van der Waals surface area contributed by atoms with Crippen LogP contribution in [-0.4, -0.2) is 32.5 Å². The van der Waals surface area contributed by atoms with Gasteiger partial charge in [-0.15, -0.1) is 0 Å². The lowest BCUT2D eigenvalue weighted by Crippen LogP contribution is -2.34. The van der Waals surface area contributed by atoms with E-state index in [0.717, 1.165) is 18.5 Å². The maximum atomic E-state index is 12.7. The summed E-state index contributed by atoms with van der Waals surface area (Å²) < 4.78 is 5.13. The molecule has 1 amide bonds. The van der Waals surface area contributed by atoms with Gasteiger partial charge in [0, 0.05) is 18.7 Å². The van der Waals surface area contributed by atoms with Crippen LogP contribution in [-0.2, 0) is 6.42 Å². The van der Waals surface area contributed by atoms with Crippen LogP contribution in [0.15, 0.2) is 21.5 Å². The van der Waals surface area contributed by atoms with Crippen LogP contribution in [0.3, 0.4) is 0 Å². The van der Waals surface area contributed by atoms with Crippen LogP contribution >= 0.6 is 0 Å². The average Bonchev–Trinajstić information content (AvgIpc) is 3.15. The number of aryl methyl sites for hydroxylation is 2. The monoisotopic (exact) mass is 302 g/mol. The first-order valence-corrected chi connectivity index (χ1v) is 7.43. The second-order valence-electron chi connectivity index (χ2n) is 5.44. The van der Waals surface area contributed by atoms with Crippen LogP contribution in [0.2, 0.25) is 0 Å². The van der Waals surface area contributed by atoms with E-state index in [2.05, 4.69) is 15.1 Å². The van der Waals surface area contributed by atoms with Crippen LogP contribution in [0.1, 0.15) is 53.6 Å². The van der Waals surface area contributed by atoms with Gasteiger partial charge < -0.3 is 14.4 Å². The molecule has 3 rings (SSSR count). The minimum Gasteiger partial charge on any atom is -0.339 e. The van der Waals surface area contributed by atoms with Crippen molar-refractivity contribution in [3.05, 3.63) is 45.5 Å². The predicted octanol–water partition coefficient (Wildman–Crippen LogP) is 1.61. The maximum Gasteiger partial charge on any atom is 0.260 e. The Morgan fingerprint density at radius 2 is 2.32 bits per heavy atom. The molecular formula is C15H18N4O3. The Hall–Kier alpha value is -2.44. The molecule has 1 N–H and O–H groups in total. The van der Waals surface area contributed by atoms with Crippen LogP contribution in [0, 0.1) is 6.92 Å². The summed E-state index contributed by atoms with van der Waals surface area (Å²) in [5.74, 6) is 0.792. The van der Waals surface area contributed by atoms with Crippen LogP contribution in [0.25, 0.3) is 0 Å². The van der Waals surface area contributed by atoms with Gasteiger partial charge in [0.05, 0.1) is 6.04 Å². The molecule has 1 atom stereocenters. The van der Waals surface area contributed by atoms with Gasteiger partial charge in [0.2, 0.25) is 5.89 Å². The van der Waals surface area contributed by atoms with Gasteiger partial charge in [0.15, 0.2) is 5.82 Å². The van der Waals surface area contributed by atoms with Gasteiger partial charge in [-0.3, -0.25) is 9.59 Å². The predicted molar refractivity (Wildman–Crippen MR) is 78.5 cm³/mol. The number of aromatic nitrogens is 3. The minimum absolute atomic E-state index is 0.150. The molecule has 0 spiro atoms. The number of likely N-dealkylation sites (tertiary alicyclic amines) is 1. The van der Waals surface area contributed by atoms with Crippen LogP contribution in [0.5, 0.6) is 0 Å². The number of rotatable bonds is 3. The summed E-state index contributed by atoms with van der Waals surface area (Å²) in [4.78, 5) is 33.3. The number of carbonyl (C=O) groups is 1. The smallest absolute Gasteiger partial charge is 0.260 e. The van der Waals surface area contributed by atoms with Crippen molar-refractivity contribution < 1.29 is 9.32 Å². The molecule has 0 radical (unpaired) electrons. The highest BCUT2D eigenvalue weighted by atomic mass is 16.5. The number of amides is 1. The van der Waals surface area contributed by atoms with Gasteiger partial charge in [-0.1, -0.05) is 12.1 Å². The number of aromatic amines is 1. The molecule has 7 nitrogen and oxygen atoms in total. The fourth-order valence-corrected chi connectivity index (χ4v) is 2.72. The molecule has 3 heterocycles. The zero-order valence-electron chi connectivity index (χ0n) is 12.6. The second-order valence-corrected chi connectivity index (χ2v) is 5.44. The van der Waals surface area contributed by atoms with Gasteiger partial charge in [-0.2, -0.15) is 4.98 Å². The molecule has 2 aromatic rings. The molecule has 0 saturated carbocycles. The molecule has 22 heavy (non-hydrogen) atoms. The highest BCUT2D eigenvalue weighted by Gasteiger charge is 2.34. The Morgan fingerprint density at radius 3 is 3.00 bits per heavy atom. The topological polar surface area (TPSA) is 92.1 Å². The van der Waals surface area contributed by atoms with E-state index in [0.29, 0.717) is 24.7 Å². The highest BCUT2D eigenvalue weighted by Crippen LogP contribution is 2.31. The van der Waals surface area contributed by atoms with E-state index in [1.807, 2.05) is 6.92 Å². The maximum absolute atomic E-state index is 12.7. The second kappa shape index (κ2) is 5.75. The zero-order chi connectivity index (χ0) is 15.7. The summed E-state index contributed by atoms with van der Waals surface area (Å²) in [6, 6.07) is 3.07. The molecule has 2 aromatic heterocycles. The van der Waals surface area contributed by atoms with Crippen molar-refractivity contribution in [2.75, 3.05) is 6.54 Å². The number of pyridine rings is 1. The van der Waals surface area contributed by atoms with E-state index >= 15 is 0 Å². The Morgan fingerprint density at radius 1 is 1.50 bits per heavy atom. The van der Waals surface area contributed by atoms with Crippen molar-refractivity contribution in [1.82, 2.24) is 20.0 Å². The summed E-state index contributed by atoms with van der Waals surface area (Å²) >= 11 is 0. The lowest BCUT2D eigenvalue weighted by Gasteiger charge is -2.21. The van der Waals surface area contributed by atoms with Gasteiger partial charge in [-0.05, 0) is 31.9 Å². The number of nitrogens with zero attached hydrogens (tertiary/aromatic N) is 3. The van der Waals surface area contributed by atoms with Crippen LogP contribution in [0.4, 0.5) is 0 Å². The normalized spacial score (nSPS) is 17.9. The quantitative estimate of drug-likeness (QED) is 0.929. The number of nitrogens with one attached hydrogen (secondary N) is 1. The van der Waals surface area contributed by atoms with Crippen molar-refractivity contribution in [2.24, 2.45) is 0 Å². The van der Waals surface area contributed by atoms with E-state index < -0.39 is 0 Å². The molecule has 116 valence electrons.